The predicted molar refractivity (Wildman–Crippen MR) is 72.2 cm³/mol. The molecule has 2 N–H and O–H groups in total. The number of carbonyl (C=O) groups excluding carboxylic acids is 2. The van der Waals surface area contributed by atoms with Crippen molar-refractivity contribution in [2.24, 2.45) is 0 Å². The van der Waals surface area contributed by atoms with Crippen molar-refractivity contribution in [3.05, 3.63) is 34.1 Å². The molecular formula is C13H14BrFN2O2. The van der Waals surface area contributed by atoms with E-state index >= 15 is 0 Å². The molecule has 0 saturated carbocycles. The van der Waals surface area contributed by atoms with E-state index in [4.69, 9.17) is 0 Å². The molecular weight excluding hydrogens is 315 g/mol. The fourth-order valence-corrected chi connectivity index (χ4v) is 2.44. The Bertz CT molecular complexity index is 507. The number of rotatable bonds is 2. The van der Waals surface area contributed by atoms with Crippen molar-refractivity contribution in [3.63, 3.8) is 0 Å². The van der Waals surface area contributed by atoms with Gasteiger partial charge in [-0.15, -0.1) is 0 Å². The first-order chi connectivity index (χ1) is 9.09. The van der Waals surface area contributed by atoms with Crippen LogP contribution in [0.4, 0.5) is 4.39 Å². The van der Waals surface area contributed by atoms with Crippen LogP contribution >= 0.6 is 15.9 Å². The van der Waals surface area contributed by atoms with Crippen LogP contribution in [0.2, 0.25) is 0 Å². The minimum atomic E-state index is -0.551. The van der Waals surface area contributed by atoms with E-state index < -0.39 is 17.8 Å². The zero-order chi connectivity index (χ0) is 13.8. The normalized spacial score (nSPS) is 19.5. The van der Waals surface area contributed by atoms with Crippen LogP contribution in [0.5, 0.6) is 0 Å². The highest BCUT2D eigenvalue weighted by Gasteiger charge is 2.24. The van der Waals surface area contributed by atoms with E-state index in [0.29, 0.717) is 13.0 Å². The summed E-state index contributed by atoms with van der Waals surface area (Å²) in [5, 5.41) is 5.38. The molecule has 1 aliphatic rings. The molecule has 1 unspecified atom stereocenters. The van der Waals surface area contributed by atoms with Gasteiger partial charge in [0.25, 0.3) is 5.91 Å². The Morgan fingerprint density at radius 1 is 1.42 bits per heavy atom. The molecule has 1 fully saturated rings. The number of carbonyl (C=O) groups is 2. The van der Waals surface area contributed by atoms with Gasteiger partial charge in [-0.25, -0.2) is 4.39 Å². The maximum Gasteiger partial charge on any atom is 0.253 e. The molecule has 1 heterocycles. The van der Waals surface area contributed by atoms with Gasteiger partial charge in [0.15, 0.2) is 0 Å². The Hall–Kier alpha value is -1.43. The van der Waals surface area contributed by atoms with Gasteiger partial charge in [0.05, 0.1) is 10.0 Å². The standard InChI is InChI=1S/C13H14BrFN2O2/c14-11-8(4-3-5-9(11)15)12(18)17-10-6-1-2-7-16-13(10)19/h3-5,10H,1-2,6-7H2,(H,16,19)(H,17,18). The predicted octanol–water partition coefficient (Wildman–Crippen LogP) is 1.99. The summed E-state index contributed by atoms with van der Waals surface area (Å²) in [5.74, 6) is -1.13. The molecule has 0 spiro atoms. The van der Waals surface area contributed by atoms with Gasteiger partial charge in [-0.3, -0.25) is 9.59 Å². The van der Waals surface area contributed by atoms with Crippen LogP contribution in [0.15, 0.2) is 22.7 Å². The van der Waals surface area contributed by atoms with Gasteiger partial charge in [0, 0.05) is 6.54 Å². The van der Waals surface area contributed by atoms with Crippen LogP contribution < -0.4 is 10.6 Å². The first-order valence-corrected chi connectivity index (χ1v) is 6.91. The molecule has 0 bridgehead atoms. The van der Waals surface area contributed by atoms with E-state index in [9.17, 15) is 14.0 Å². The number of hydrogen-bond donors (Lipinski definition) is 2. The topological polar surface area (TPSA) is 58.2 Å². The smallest absolute Gasteiger partial charge is 0.253 e. The maximum atomic E-state index is 13.4. The lowest BCUT2D eigenvalue weighted by Crippen LogP contribution is -2.45. The van der Waals surface area contributed by atoms with Gasteiger partial charge < -0.3 is 10.6 Å². The Morgan fingerprint density at radius 3 is 3.00 bits per heavy atom. The number of amides is 2. The molecule has 1 atom stereocenters. The van der Waals surface area contributed by atoms with Crippen molar-refractivity contribution in [1.82, 2.24) is 10.6 Å². The second kappa shape index (κ2) is 6.14. The largest absolute Gasteiger partial charge is 0.354 e. The quantitative estimate of drug-likeness (QED) is 0.872. The molecule has 0 radical (unpaired) electrons. The number of halogens is 2. The van der Waals surface area contributed by atoms with Crippen molar-refractivity contribution < 1.29 is 14.0 Å². The second-order valence-corrected chi connectivity index (χ2v) is 5.21. The molecule has 2 amide bonds. The summed E-state index contributed by atoms with van der Waals surface area (Å²) in [6.45, 7) is 0.634. The van der Waals surface area contributed by atoms with E-state index in [1.807, 2.05) is 0 Å². The number of hydrogen-bond acceptors (Lipinski definition) is 2. The van der Waals surface area contributed by atoms with Crippen molar-refractivity contribution in [2.75, 3.05) is 6.54 Å². The van der Waals surface area contributed by atoms with Gasteiger partial charge >= 0.3 is 0 Å². The van der Waals surface area contributed by atoms with E-state index in [2.05, 4.69) is 26.6 Å². The van der Waals surface area contributed by atoms with Crippen LogP contribution in [0.3, 0.4) is 0 Å². The highest BCUT2D eigenvalue weighted by molar-refractivity contribution is 9.10. The molecule has 2 rings (SSSR count). The zero-order valence-electron chi connectivity index (χ0n) is 10.2. The lowest BCUT2D eigenvalue weighted by molar-refractivity contribution is -0.122. The Balaban J connectivity index is 2.12. The Labute approximate surface area is 118 Å². The van der Waals surface area contributed by atoms with Crippen LogP contribution in [-0.4, -0.2) is 24.4 Å². The van der Waals surface area contributed by atoms with Crippen LogP contribution in [-0.2, 0) is 4.79 Å². The molecule has 6 heteroatoms. The summed E-state index contributed by atoms with van der Waals surface area (Å²) in [6, 6.07) is 3.68. The van der Waals surface area contributed by atoms with Crippen molar-refractivity contribution in [2.45, 2.75) is 25.3 Å². The van der Waals surface area contributed by atoms with Gasteiger partial charge in [-0.05, 0) is 47.3 Å². The van der Waals surface area contributed by atoms with E-state index in [-0.39, 0.29) is 15.9 Å². The third-order valence-electron chi connectivity index (χ3n) is 3.04. The molecule has 1 aromatic rings. The summed E-state index contributed by atoms with van der Waals surface area (Å²) >= 11 is 3.04. The molecule has 102 valence electrons. The molecule has 0 aromatic heterocycles. The van der Waals surface area contributed by atoms with Crippen molar-refractivity contribution >= 4 is 27.7 Å². The average molecular weight is 329 g/mol. The van der Waals surface area contributed by atoms with Gasteiger partial charge in [0.1, 0.15) is 11.9 Å². The second-order valence-electron chi connectivity index (χ2n) is 4.41. The van der Waals surface area contributed by atoms with E-state index in [0.717, 1.165) is 12.8 Å². The van der Waals surface area contributed by atoms with E-state index in [1.165, 1.54) is 18.2 Å². The summed E-state index contributed by atoms with van der Waals surface area (Å²) in [4.78, 5) is 23.8. The monoisotopic (exact) mass is 328 g/mol. The highest BCUT2D eigenvalue weighted by Crippen LogP contribution is 2.20. The first kappa shape index (κ1) is 14.0. The van der Waals surface area contributed by atoms with Crippen molar-refractivity contribution in [1.29, 1.82) is 0 Å². The minimum absolute atomic E-state index is 0.113. The van der Waals surface area contributed by atoms with Crippen LogP contribution in [0, 0.1) is 5.82 Å². The Kier molecular flexibility index (Phi) is 4.52. The van der Waals surface area contributed by atoms with Crippen molar-refractivity contribution in [3.8, 4) is 0 Å². The molecule has 1 aromatic carbocycles. The first-order valence-electron chi connectivity index (χ1n) is 6.12. The SMILES string of the molecule is O=C(NC1CCCCNC1=O)c1cccc(F)c1Br. The Morgan fingerprint density at radius 2 is 2.21 bits per heavy atom. The molecule has 1 saturated heterocycles. The van der Waals surface area contributed by atoms with Gasteiger partial charge in [0.2, 0.25) is 5.91 Å². The summed E-state index contributed by atoms with van der Waals surface area (Å²) in [6.07, 6.45) is 2.38. The average Bonchev–Trinajstić information content (AvgIpc) is 2.58. The fraction of sp³-hybridized carbons (Fsp3) is 0.385. The van der Waals surface area contributed by atoms with Crippen LogP contribution in [0.1, 0.15) is 29.6 Å². The van der Waals surface area contributed by atoms with Gasteiger partial charge in [-0.2, -0.15) is 0 Å². The summed E-state index contributed by atoms with van der Waals surface area (Å²) < 4.78 is 13.5. The number of nitrogens with one attached hydrogen (secondary N) is 2. The third kappa shape index (κ3) is 3.32. The molecule has 1 aliphatic heterocycles. The lowest BCUT2D eigenvalue weighted by Gasteiger charge is -2.15. The summed E-state index contributed by atoms with van der Waals surface area (Å²) in [5.41, 5.74) is 0.192. The van der Waals surface area contributed by atoms with Crippen LogP contribution in [0.25, 0.3) is 0 Å². The highest BCUT2D eigenvalue weighted by atomic mass is 79.9. The third-order valence-corrected chi connectivity index (χ3v) is 3.84. The molecule has 0 aliphatic carbocycles. The maximum absolute atomic E-state index is 13.4. The zero-order valence-corrected chi connectivity index (χ0v) is 11.8. The molecule has 19 heavy (non-hydrogen) atoms. The lowest BCUT2D eigenvalue weighted by atomic mass is 10.1. The fourth-order valence-electron chi connectivity index (χ4n) is 1.99. The van der Waals surface area contributed by atoms with E-state index in [1.54, 1.807) is 0 Å². The summed E-state index contributed by atoms with van der Waals surface area (Å²) in [7, 11) is 0. The molecule has 4 nitrogen and oxygen atoms in total. The number of benzene rings is 1. The minimum Gasteiger partial charge on any atom is -0.354 e. The van der Waals surface area contributed by atoms with Gasteiger partial charge in [-0.1, -0.05) is 6.07 Å².